The SMILES string of the molecule is CCCS(=O)(=O)N1CCCN(C(=O)Cn2c(C)nc3ccccc32)CC1. The van der Waals surface area contributed by atoms with Crippen molar-refractivity contribution in [3.63, 3.8) is 0 Å². The molecule has 1 aromatic carbocycles. The van der Waals surface area contributed by atoms with Gasteiger partial charge in [0.05, 0.1) is 16.8 Å². The van der Waals surface area contributed by atoms with E-state index in [0.717, 1.165) is 16.9 Å². The van der Waals surface area contributed by atoms with Crippen LogP contribution in [0.25, 0.3) is 11.0 Å². The molecular formula is C18H26N4O3S. The largest absolute Gasteiger partial charge is 0.340 e. The number of aryl methyl sites for hydroxylation is 1. The fourth-order valence-corrected chi connectivity index (χ4v) is 4.98. The third-order valence-electron chi connectivity index (χ3n) is 4.80. The summed E-state index contributed by atoms with van der Waals surface area (Å²) in [6.07, 6.45) is 1.27. The van der Waals surface area contributed by atoms with Crippen LogP contribution in [0.2, 0.25) is 0 Å². The first-order valence-electron chi connectivity index (χ1n) is 9.10. The Morgan fingerprint density at radius 1 is 1.15 bits per heavy atom. The predicted octanol–water partition coefficient (Wildman–Crippen LogP) is 1.62. The number of nitrogens with zero attached hydrogens (tertiary/aromatic N) is 4. The maximum Gasteiger partial charge on any atom is 0.242 e. The number of para-hydroxylation sites is 2. The van der Waals surface area contributed by atoms with Crippen molar-refractivity contribution in [2.24, 2.45) is 0 Å². The minimum Gasteiger partial charge on any atom is -0.340 e. The maximum atomic E-state index is 12.8. The van der Waals surface area contributed by atoms with Crippen LogP contribution in [0.5, 0.6) is 0 Å². The van der Waals surface area contributed by atoms with Gasteiger partial charge in [-0.05, 0) is 31.9 Å². The number of benzene rings is 1. The minimum absolute atomic E-state index is 0.00555. The molecule has 0 unspecified atom stereocenters. The van der Waals surface area contributed by atoms with E-state index in [-0.39, 0.29) is 18.2 Å². The van der Waals surface area contributed by atoms with Gasteiger partial charge >= 0.3 is 0 Å². The number of amides is 1. The lowest BCUT2D eigenvalue weighted by atomic mass is 10.3. The average Bonchev–Trinajstić information content (AvgIpc) is 2.78. The zero-order valence-corrected chi connectivity index (χ0v) is 16.2. The highest BCUT2D eigenvalue weighted by Crippen LogP contribution is 2.16. The van der Waals surface area contributed by atoms with E-state index in [1.54, 1.807) is 4.90 Å². The van der Waals surface area contributed by atoms with Crippen LogP contribution in [-0.2, 0) is 21.4 Å². The number of carbonyl (C=O) groups excluding carboxylic acids is 1. The summed E-state index contributed by atoms with van der Waals surface area (Å²) in [5.74, 6) is 0.980. The topological polar surface area (TPSA) is 75.5 Å². The highest BCUT2D eigenvalue weighted by molar-refractivity contribution is 7.89. The molecule has 8 heteroatoms. The first kappa shape index (κ1) is 18.8. The average molecular weight is 378 g/mol. The van der Waals surface area contributed by atoms with Crippen LogP contribution in [-0.4, -0.2) is 65.0 Å². The lowest BCUT2D eigenvalue weighted by Gasteiger charge is -2.22. The summed E-state index contributed by atoms with van der Waals surface area (Å²) in [7, 11) is -3.21. The fraction of sp³-hybridized carbons (Fsp3) is 0.556. The first-order valence-corrected chi connectivity index (χ1v) is 10.7. The van der Waals surface area contributed by atoms with Crippen molar-refractivity contribution in [2.45, 2.75) is 33.2 Å². The molecule has 0 spiro atoms. The molecule has 0 aliphatic carbocycles. The van der Waals surface area contributed by atoms with Gasteiger partial charge in [0.15, 0.2) is 0 Å². The molecule has 0 bridgehead atoms. The van der Waals surface area contributed by atoms with Crippen molar-refractivity contribution in [3.05, 3.63) is 30.1 Å². The number of imidazole rings is 1. The molecule has 2 aromatic rings. The summed E-state index contributed by atoms with van der Waals surface area (Å²) >= 11 is 0. The minimum atomic E-state index is -3.21. The molecular weight excluding hydrogens is 352 g/mol. The Labute approximate surface area is 154 Å². The third-order valence-corrected chi connectivity index (χ3v) is 6.88. The zero-order chi connectivity index (χ0) is 18.7. The molecule has 1 saturated heterocycles. The van der Waals surface area contributed by atoms with Gasteiger partial charge in [-0.25, -0.2) is 17.7 Å². The van der Waals surface area contributed by atoms with Gasteiger partial charge in [-0.3, -0.25) is 4.79 Å². The number of fused-ring (bicyclic) bond motifs is 1. The molecule has 0 saturated carbocycles. The number of sulfonamides is 1. The van der Waals surface area contributed by atoms with Gasteiger partial charge in [0.25, 0.3) is 0 Å². The molecule has 1 aliphatic rings. The Balaban J connectivity index is 1.70. The Kier molecular flexibility index (Phi) is 5.62. The Hall–Kier alpha value is -1.93. The monoisotopic (exact) mass is 378 g/mol. The van der Waals surface area contributed by atoms with Gasteiger partial charge in [-0.2, -0.15) is 0 Å². The van der Waals surface area contributed by atoms with Crippen LogP contribution in [0, 0.1) is 6.92 Å². The molecule has 3 rings (SSSR count). The van der Waals surface area contributed by atoms with Crippen LogP contribution >= 0.6 is 0 Å². The van der Waals surface area contributed by atoms with Crippen LogP contribution < -0.4 is 0 Å². The molecule has 142 valence electrons. The smallest absolute Gasteiger partial charge is 0.242 e. The predicted molar refractivity (Wildman–Crippen MR) is 101 cm³/mol. The van der Waals surface area contributed by atoms with Crippen LogP contribution in [0.4, 0.5) is 0 Å². The van der Waals surface area contributed by atoms with Crippen molar-refractivity contribution in [1.82, 2.24) is 18.8 Å². The summed E-state index contributed by atoms with van der Waals surface area (Å²) in [5, 5.41) is 0. The quantitative estimate of drug-likeness (QED) is 0.792. The molecule has 26 heavy (non-hydrogen) atoms. The van der Waals surface area contributed by atoms with Gasteiger partial charge in [0, 0.05) is 26.2 Å². The van der Waals surface area contributed by atoms with Crippen molar-refractivity contribution >= 4 is 27.0 Å². The number of hydrogen-bond donors (Lipinski definition) is 0. The van der Waals surface area contributed by atoms with E-state index in [0.29, 0.717) is 39.0 Å². The molecule has 2 heterocycles. The summed E-state index contributed by atoms with van der Waals surface area (Å²) in [6, 6.07) is 7.77. The molecule has 1 aromatic heterocycles. The highest BCUT2D eigenvalue weighted by atomic mass is 32.2. The molecule has 0 atom stereocenters. The van der Waals surface area contributed by atoms with Gasteiger partial charge in [-0.1, -0.05) is 19.1 Å². The summed E-state index contributed by atoms with van der Waals surface area (Å²) in [4.78, 5) is 19.1. The number of rotatable bonds is 5. The number of carbonyl (C=O) groups is 1. The van der Waals surface area contributed by atoms with E-state index in [2.05, 4.69) is 4.98 Å². The lowest BCUT2D eigenvalue weighted by molar-refractivity contribution is -0.131. The fourth-order valence-electron chi connectivity index (χ4n) is 3.44. The lowest BCUT2D eigenvalue weighted by Crippen LogP contribution is -2.39. The van der Waals surface area contributed by atoms with Crippen molar-refractivity contribution in [2.75, 3.05) is 31.9 Å². The highest BCUT2D eigenvalue weighted by Gasteiger charge is 2.26. The second kappa shape index (κ2) is 7.75. The van der Waals surface area contributed by atoms with E-state index >= 15 is 0 Å². The van der Waals surface area contributed by atoms with Crippen LogP contribution in [0.3, 0.4) is 0 Å². The van der Waals surface area contributed by atoms with Gasteiger partial charge in [0.1, 0.15) is 12.4 Å². The number of aromatic nitrogens is 2. The second-order valence-electron chi connectivity index (χ2n) is 6.68. The van der Waals surface area contributed by atoms with Crippen molar-refractivity contribution in [3.8, 4) is 0 Å². The Morgan fingerprint density at radius 2 is 1.92 bits per heavy atom. The maximum absolute atomic E-state index is 12.8. The standard InChI is InChI=1S/C18H26N4O3S/c1-3-13-26(24,25)21-10-6-9-20(11-12-21)18(23)14-22-15(2)19-16-7-4-5-8-17(16)22/h4-5,7-8H,3,6,9-14H2,1-2H3. The summed E-state index contributed by atoms with van der Waals surface area (Å²) < 4.78 is 28.0. The van der Waals surface area contributed by atoms with Crippen molar-refractivity contribution < 1.29 is 13.2 Å². The van der Waals surface area contributed by atoms with Gasteiger partial charge in [-0.15, -0.1) is 0 Å². The third kappa shape index (κ3) is 3.91. The normalized spacial score (nSPS) is 16.8. The Morgan fingerprint density at radius 3 is 2.69 bits per heavy atom. The second-order valence-corrected chi connectivity index (χ2v) is 8.77. The van der Waals surface area contributed by atoms with E-state index in [4.69, 9.17) is 0 Å². The number of hydrogen-bond acceptors (Lipinski definition) is 4. The van der Waals surface area contributed by atoms with Gasteiger partial charge < -0.3 is 9.47 Å². The summed E-state index contributed by atoms with van der Waals surface area (Å²) in [5.41, 5.74) is 1.82. The zero-order valence-electron chi connectivity index (χ0n) is 15.4. The molecule has 1 fully saturated rings. The summed E-state index contributed by atoms with van der Waals surface area (Å²) in [6.45, 7) is 5.87. The molecule has 1 amide bonds. The molecule has 0 N–H and O–H groups in total. The molecule has 1 aliphatic heterocycles. The van der Waals surface area contributed by atoms with E-state index in [1.807, 2.05) is 42.7 Å². The van der Waals surface area contributed by atoms with Crippen LogP contribution in [0.1, 0.15) is 25.6 Å². The van der Waals surface area contributed by atoms with E-state index < -0.39 is 10.0 Å². The molecule has 0 radical (unpaired) electrons. The Bertz CT molecular complexity index is 891. The van der Waals surface area contributed by atoms with Crippen molar-refractivity contribution in [1.29, 1.82) is 0 Å². The van der Waals surface area contributed by atoms with Crippen LogP contribution in [0.15, 0.2) is 24.3 Å². The molecule has 7 nitrogen and oxygen atoms in total. The van der Waals surface area contributed by atoms with E-state index in [1.165, 1.54) is 4.31 Å². The van der Waals surface area contributed by atoms with Gasteiger partial charge in [0.2, 0.25) is 15.9 Å². The van der Waals surface area contributed by atoms with E-state index in [9.17, 15) is 13.2 Å². The first-order chi connectivity index (χ1) is 12.4.